The van der Waals surface area contributed by atoms with Gasteiger partial charge in [-0.25, -0.2) is 4.39 Å². The second-order valence-electron chi connectivity index (χ2n) is 4.50. The molecule has 1 aromatic carbocycles. The number of nitrogens with two attached hydrogens (primary N) is 1. The highest BCUT2D eigenvalue weighted by molar-refractivity contribution is 9.10. The van der Waals surface area contributed by atoms with E-state index in [0.717, 1.165) is 5.56 Å². The van der Waals surface area contributed by atoms with Gasteiger partial charge in [-0.3, -0.25) is 0 Å². The van der Waals surface area contributed by atoms with Crippen LogP contribution in [0.1, 0.15) is 25.3 Å². The van der Waals surface area contributed by atoms with E-state index < -0.39 is 0 Å². The van der Waals surface area contributed by atoms with Crippen molar-refractivity contribution in [3.63, 3.8) is 0 Å². The van der Waals surface area contributed by atoms with Crippen LogP contribution >= 0.6 is 15.9 Å². The lowest BCUT2D eigenvalue weighted by Crippen LogP contribution is -2.06. The van der Waals surface area contributed by atoms with Gasteiger partial charge in [0.25, 0.3) is 0 Å². The van der Waals surface area contributed by atoms with E-state index >= 15 is 0 Å². The molecule has 14 heavy (non-hydrogen) atoms. The highest BCUT2D eigenvalue weighted by Gasteiger charge is 2.56. The SMILES string of the molecule is CC1(C)[C@@H](N)[C@@H]1c1ccc(Br)c(F)c1. The number of rotatable bonds is 1. The molecular weight excluding hydrogens is 245 g/mol. The van der Waals surface area contributed by atoms with Crippen LogP contribution in [0.5, 0.6) is 0 Å². The van der Waals surface area contributed by atoms with Gasteiger partial charge in [-0.2, -0.15) is 0 Å². The first-order valence-electron chi connectivity index (χ1n) is 4.65. The number of benzene rings is 1. The molecule has 76 valence electrons. The summed E-state index contributed by atoms with van der Waals surface area (Å²) in [7, 11) is 0. The van der Waals surface area contributed by atoms with Gasteiger partial charge in [0.2, 0.25) is 0 Å². The van der Waals surface area contributed by atoms with Crippen LogP contribution in [0.2, 0.25) is 0 Å². The number of hydrogen-bond acceptors (Lipinski definition) is 1. The molecule has 1 nitrogen and oxygen atoms in total. The molecule has 0 unspecified atom stereocenters. The first kappa shape index (κ1) is 10.1. The molecule has 0 aromatic heterocycles. The van der Waals surface area contributed by atoms with Crippen molar-refractivity contribution in [2.45, 2.75) is 25.8 Å². The van der Waals surface area contributed by atoms with Crippen LogP contribution in [0.4, 0.5) is 4.39 Å². The normalized spacial score (nSPS) is 28.9. The van der Waals surface area contributed by atoms with Gasteiger partial charge in [-0.05, 0) is 39.0 Å². The minimum atomic E-state index is -0.211. The van der Waals surface area contributed by atoms with E-state index in [0.29, 0.717) is 10.4 Å². The van der Waals surface area contributed by atoms with Gasteiger partial charge in [-0.1, -0.05) is 19.9 Å². The summed E-state index contributed by atoms with van der Waals surface area (Å²) in [6.07, 6.45) is 0. The smallest absolute Gasteiger partial charge is 0.137 e. The Kier molecular flexibility index (Phi) is 2.20. The van der Waals surface area contributed by atoms with Gasteiger partial charge < -0.3 is 5.73 Å². The summed E-state index contributed by atoms with van der Waals surface area (Å²) in [4.78, 5) is 0. The van der Waals surface area contributed by atoms with Gasteiger partial charge in [0.05, 0.1) is 4.47 Å². The van der Waals surface area contributed by atoms with Crippen molar-refractivity contribution in [3.05, 3.63) is 34.1 Å². The zero-order valence-corrected chi connectivity index (χ0v) is 9.81. The molecular formula is C11H13BrFN. The third-order valence-corrected chi connectivity index (χ3v) is 3.86. The highest BCUT2D eigenvalue weighted by Crippen LogP contribution is 2.57. The van der Waals surface area contributed by atoms with Crippen molar-refractivity contribution < 1.29 is 4.39 Å². The Morgan fingerprint density at radius 2 is 2.00 bits per heavy atom. The van der Waals surface area contributed by atoms with Crippen molar-refractivity contribution in [1.29, 1.82) is 0 Å². The predicted molar refractivity (Wildman–Crippen MR) is 58.6 cm³/mol. The molecule has 0 aliphatic heterocycles. The van der Waals surface area contributed by atoms with E-state index in [1.165, 1.54) is 0 Å². The summed E-state index contributed by atoms with van der Waals surface area (Å²) in [6.45, 7) is 4.23. The van der Waals surface area contributed by atoms with Crippen LogP contribution in [0.25, 0.3) is 0 Å². The molecule has 2 N–H and O–H groups in total. The van der Waals surface area contributed by atoms with Crippen LogP contribution < -0.4 is 5.73 Å². The molecule has 1 aliphatic rings. The van der Waals surface area contributed by atoms with E-state index in [9.17, 15) is 4.39 Å². The summed E-state index contributed by atoms with van der Waals surface area (Å²) in [5, 5.41) is 0. The monoisotopic (exact) mass is 257 g/mol. The van der Waals surface area contributed by atoms with Crippen LogP contribution in [0, 0.1) is 11.2 Å². The molecule has 2 rings (SSSR count). The van der Waals surface area contributed by atoms with Gasteiger partial charge >= 0.3 is 0 Å². The maximum Gasteiger partial charge on any atom is 0.137 e. The Morgan fingerprint density at radius 3 is 2.43 bits per heavy atom. The fraction of sp³-hybridized carbons (Fsp3) is 0.455. The summed E-state index contributed by atoms with van der Waals surface area (Å²) in [6, 6.07) is 5.41. The van der Waals surface area contributed by atoms with Gasteiger partial charge in [0.15, 0.2) is 0 Å². The minimum absolute atomic E-state index is 0.111. The van der Waals surface area contributed by atoms with Gasteiger partial charge in [-0.15, -0.1) is 0 Å². The Labute approximate surface area is 91.6 Å². The molecule has 0 amide bonds. The predicted octanol–water partition coefficient (Wildman–Crippen LogP) is 3.04. The van der Waals surface area contributed by atoms with Crippen LogP contribution in [-0.2, 0) is 0 Å². The Balaban J connectivity index is 2.32. The van der Waals surface area contributed by atoms with E-state index in [4.69, 9.17) is 5.73 Å². The van der Waals surface area contributed by atoms with Crippen molar-refractivity contribution in [3.8, 4) is 0 Å². The molecule has 1 saturated carbocycles. The summed E-state index contributed by atoms with van der Waals surface area (Å²) >= 11 is 3.14. The fourth-order valence-electron chi connectivity index (χ4n) is 2.02. The van der Waals surface area contributed by atoms with E-state index in [-0.39, 0.29) is 17.3 Å². The molecule has 0 saturated heterocycles. The second-order valence-corrected chi connectivity index (χ2v) is 5.35. The quantitative estimate of drug-likeness (QED) is 0.823. The van der Waals surface area contributed by atoms with Crippen LogP contribution in [-0.4, -0.2) is 6.04 Å². The topological polar surface area (TPSA) is 26.0 Å². The second kappa shape index (κ2) is 3.04. The zero-order chi connectivity index (χ0) is 10.5. The Morgan fingerprint density at radius 1 is 1.43 bits per heavy atom. The van der Waals surface area contributed by atoms with E-state index in [1.807, 2.05) is 6.07 Å². The molecule has 0 heterocycles. The lowest BCUT2D eigenvalue weighted by atomic mass is 10.0. The molecule has 1 aliphatic carbocycles. The van der Waals surface area contributed by atoms with Crippen molar-refractivity contribution in [2.75, 3.05) is 0 Å². The van der Waals surface area contributed by atoms with Crippen molar-refractivity contribution in [2.24, 2.45) is 11.1 Å². The fourth-order valence-corrected chi connectivity index (χ4v) is 2.27. The standard InChI is InChI=1S/C11H13BrFN/c1-11(2)9(10(11)14)6-3-4-7(12)8(13)5-6/h3-5,9-10H,14H2,1-2H3/t9-,10-/m0/s1. The Bertz CT molecular complexity index is 376. The molecule has 1 fully saturated rings. The highest BCUT2D eigenvalue weighted by atomic mass is 79.9. The maximum atomic E-state index is 13.3. The lowest BCUT2D eigenvalue weighted by Gasteiger charge is -2.03. The third kappa shape index (κ3) is 1.39. The first-order valence-corrected chi connectivity index (χ1v) is 5.44. The number of hydrogen-bond donors (Lipinski definition) is 1. The van der Waals surface area contributed by atoms with Crippen molar-refractivity contribution >= 4 is 15.9 Å². The molecule has 1 aromatic rings. The molecule has 0 radical (unpaired) electrons. The average molecular weight is 258 g/mol. The van der Waals surface area contributed by atoms with Crippen LogP contribution in [0.15, 0.2) is 22.7 Å². The van der Waals surface area contributed by atoms with Crippen LogP contribution in [0.3, 0.4) is 0 Å². The molecule has 0 bridgehead atoms. The third-order valence-electron chi connectivity index (χ3n) is 3.21. The Hall–Kier alpha value is -0.410. The lowest BCUT2D eigenvalue weighted by molar-refractivity contribution is 0.593. The first-order chi connectivity index (χ1) is 6.44. The summed E-state index contributed by atoms with van der Waals surface area (Å²) < 4.78 is 13.8. The zero-order valence-electron chi connectivity index (χ0n) is 8.22. The largest absolute Gasteiger partial charge is 0.327 e. The summed E-state index contributed by atoms with van der Waals surface area (Å²) in [5.74, 6) is 0.0856. The van der Waals surface area contributed by atoms with Gasteiger partial charge in [0.1, 0.15) is 5.82 Å². The number of halogens is 2. The maximum absolute atomic E-state index is 13.3. The van der Waals surface area contributed by atoms with Gasteiger partial charge in [0, 0.05) is 12.0 Å². The van der Waals surface area contributed by atoms with E-state index in [2.05, 4.69) is 29.8 Å². The molecule has 0 spiro atoms. The molecule has 3 heteroatoms. The molecule has 2 atom stereocenters. The summed E-state index contributed by atoms with van der Waals surface area (Å²) in [5.41, 5.74) is 7.04. The van der Waals surface area contributed by atoms with Crippen molar-refractivity contribution in [1.82, 2.24) is 0 Å². The average Bonchev–Trinajstić information content (AvgIpc) is 2.58. The minimum Gasteiger partial charge on any atom is -0.327 e. The van der Waals surface area contributed by atoms with E-state index in [1.54, 1.807) is 12.1 Å².